The molecule has 3 aliphatic rings. The summed E-state index contributed by atoms with van der Waals surface area (Å²) in [5, 5.41) is 0. The highest BCUT2D eigenvalue weighted by atomic mass is 14.7. The zero-order chi connectivity index (χ0) is 10.8. The second kappa shape index (κ2) is 2.78. The molecule has 0 bridgehead atoms. The van der Waals surface area contributed by atoms with E-state index in [4.69, 9.17) is 0 Å². The molecule has 0 N–H and O–H groups in total. The van der Waals surface area contributed by atoms with Gasteiger partial charge >= 0.3 is 0 Å². The van der Waals surface area contributed by atoms with Crippen molar-refractivity contribution in [2.75, 3.05) is 0 Å². The van der Waals surface area contributed by atoms with Crippen LogP contribution in [0.25, 0.3) is 0 Å². The summed E-state index contributed by atoms with van der Waals surface area (Å²) in [6.07, 6.45) is 6.52. The van der Waals surface area contributed by atoms with Gasteiger partial charge in [-0.3, -0.25) is 0 Å². The van der Waals surface area contributed by atoms with Crippen molar-refractivity contribution in [3.05, 3.63) is 22.8 Å². The van der Waals surface area contributed by atoms with Gasteiger partial charge in [-0.15, -0.1) is 0 Å². The summed E-state index contributed by atoms with van der Waals surface area (Å²) in [6.45, 7) is 9.67. The summed E-state index contributed by atoms with van der Waals surface area (Å²) in [4.78, 5) is 0. The van der Waals surface area contributed by atoms with Crippen molar-refractivity contribution in [3.63, 3.8) is 0 Å². The molecule has 1 fully saturated rings. The molecule has 0 aliphatic heterocycles. The van der Waals surface area contributed by atoms with Crippen molar-refractivity contribution >= 4 is 0 Å². The first-order chi connectivity index (χ1) is 7.03. The molecule has 82 valence electrons. The van der Waals surface area contributed by atoms with E-state index in [2.05, 4.69) is 33.8 Å². The summed E-state index contributed by atoms with van der Waals surface area (Å²) >= 11 is 0. The van der Waals surface area contributed by atoms with Crippen LogP contribution < -0.4 is 0 Å². The van der Waals surface area contributed by atoms with Gasteiger partial charge in [0.1, 0.15) is 0 Å². The highest BCUT2D eigenvalue weighted by molar-refractivity contribution is 5.39. The standard InChI is InChI=1S/C15H22/c1-9-6-8-12-14(15(12,3)4)13-10(2)5-7-11(9)13/h5,12-14H,6-8H2,1-4H3/t12-,13-,14-/m0/s1. The van der Waals surface area contributed by atoms with Gasteiger partial charge < -0.3 is 0 Å². The maximum absolute atomic E-state index is 2.48. The summed E-state index contributed by atoms with van der Waals surface area (Å²) in [6, 6.07) is 0. The monoisotopic (exact) mass is 202 g/mol. The Hall–Kier alpha value is -0.520. The Kier molecular flexibility index (Phi) is 1.80. The molecule has 1 saturated carbocycles. The minimum Gasteiger partial charge on any atom is -0.0809 e. The smallest absolute Gasteiger partial charge is 0.00463 e. The fourth-order valence-electron chi connectivity index (χ4n) is 4.27. The molecular formula is C15H22. The van der Waals surface area contributed by atoms with Crippen LogP contribution in [-0.2, 0) is 0 Å². The van der Waals surface area contributed by atoms with Gasteiger partial charge in [-0.2, -0.15) is 0 Å². The van der Waals surface area contributed by atoms with Gasteiger partial charge in [-0.25, -0.2) is 0 Å². The number of hydrogen-bond donors (Lipinski definition) is 0. The first kappa shape index (κ1) is 9.69. The molecule has 0 heterocycles. The lowest BCUT2D eigenvalue weighted by Crippen LogP contribution is -2.09. The van der Waals surface area contributed by atoms with Crippen LogP contribution in [0.1, 0.15) is 47.0 Å². The average Bonchev–Trinajstić information content (AvgIpc) is 2.55. The zero-order valence-electron chi connectivity index (χ0n) is 10.4. The van der Waals surface area contributed by atoms with Crippen LogP contribution in [0.3, 0.4) is 0 Å². The van der Waals surface area contributed by atoms with Crippen LogP contribution in [0, 0.1) is 23.2 Å². The first-order valence-corrected chi connectivity index (χ1v) is 6.38. The largest absolute Gasteiger partial charge is 0.0809 e. The summed E-state index contributed by atoms with van der Waals surface area (Å²) in [5.41, 5.74) is 5.77. The molecule has 0 heteroatoms. The van der Waals surface area contributed by atoms with Crippen LogP contribution in [-0.4, -0.2) is 0 Å². The van der Waals surface area contributed by atoms with Crippen LogP contribution in [0.4, 0.5) is 0 Å². The van der Waals surface area contributed by atoms with E-state index < -0.39 is 0 Å². The van der Waals surface area contributed by atoms with Crippen LogP contribution in [0.2, 0.25) is 0 Å². The van der Waals surface area contributed by atoms with Crippen LogP contribution >= 0.6 is 0 Å². The van der Waals surface area contributed by atoms with Gasteiger partial charge in [-0.1, -0.05) is 36.6 Å². The van der Waals surface area contributed by atoms with E-state index in [-0.39, 0.29) is 0 Å². The molecule has 0 nitrogen and oxygen atoms in total. The van der Waals surface area contributed by atoms with E-state index in [1.54, 1.807) is 16.7 Å². The lowest BCUT2D eigenvalue weighted by molar-refractivity contribution is 0.479. The van der Waals surface area contributed by atoms with Crippen molar-refractivity contribution in [3.8, 4) is 0 Å². The lowest BCUT2D eigenvalue weighted by atomic mass is 9.86. The van der Waals surface area contributed by atoms with Gasteiger partial charge in [0.25, 0.3) is 0 Å². The Morgan fingerprint density at radius 1 is 1.27 bits per heavy atom. The normalized spacial score (nSPS) is 41.9. The molecule has 0 aromatic rings. The van der Waals surface area contributed by atoms with Gasteiger partial charge in [0.15, 0.2) is 0 Å². The average molecular weight is 202 g/mol. The number of allylic oxidation sites excluding steroid dienone is 4. The first-order valence-electron chi connectivity index (χ1n) is 6.38. The molecule has 0 amide bonds. The third kappa shape index (κ3) is 1.14. The molecule has 0 aromatic heterocycles. The topological polar surface area (TPSA) is 0 Å². The minimum absolute atomic E-state index is 0.621. The van der Waals surface area contributed by atoms with Gasteiger partial charge in [0.05, 0.1) is 0 Å². The molecule has 0 spiro atoms. The third-order valence-electron chi connectivity index (χ3n) is 5.39. The van der Waals surface area contributed by atoms with Gasteiger partial charge in [-0.05, 0) is 50.4 Å². The van der Waals surface area contributed by atoms with Crippen molar-refractivity contribution in [1.29, 1.82) is 0 Å². The number of fused-ring (bicyclic) bond motifs is 3. The molecule has 0 aromatic carbocycles. The SMILES string of the molecule is CC1=CCC2=C(C)CC[C@H]3[C@@H]([C@@H]12)C3(C)C. The summed E-state index contributed by atoms with van der Waals surface area (Å²) < 4.78 is 0. The minimum atomic E-state index is 0.621. The summed E-state index contributed by atoms with van der Waals surface area (Å²) in [5.74, 6) is 2.78. The Balaban J connectivity index is 2.03. The fourth-order valence-corrected chi connectivity index (χ4v) is 4.27. The van der Waals surface area contributed by atoms with Crippen molar-refractivity contribution in [1.82, 2.24) is 0 Å². The molecule has 0 radical (unpaired) electrons. The second-order valence-corrected chi connectivity index (χ2v) is 6.43. The van der Waals surface area contributed by atoms with Crippen molar-refractivity contribution in [2.45, 2.75) is 47.0 Å². The molecular weight excluding hydrogens is 180 g/mol. The Morgan fingerprint density at radius 3 is 2.73 bits per heavy atom. The van der Waals surface area contributed by atoms with E-state index in [0.717, 1.165) is 17.8 Å². The molecule has 3 atom stereocenters. The van der Waals surface area contributed by atoms with E-state index in [0.29, 0.717) is 5.41 Å². The second-order valence-electron chi connectivity index (χ2n) is 6.43. The highest BCUT2D eigenvalue weighted by Gasteiger charge is 2.62. The van der Waals surface area contributed by atoms with E-state index >= 15 is 0 Å². The highest BCUT2D eigenvalue weighted by Crippen LogP contribution is 2.68. The van der Waals surface area contributed by atoms with Crippen LogP contribution in [0.5, 0.6) is 0 Å². The Morgan fingerprint density at radius 2 is 2.00 bits per heavy atom. The molecule has 0 saturated heterocycles. The molecule has 0 unspecified atom stereocenters. The fraction of sp³-hybridized carbons (Fsp3) is 0.733. The van der Waals surface area contributed by atoms with Gasteiger partial charge in [0, 0.05) is 5.92 Å². The zero-order valence-corrected chi connectivity index (χ0v) is 10.4. The Labute approximate surface area is 93.5 Å². The molecule has 3 rings (SSSR count). The van der Waals surface area contributed by atoms with Crippen molar-refractivity contribution in [2.24, 2.45) is 23.2 Å². The quantitative estimate of drug-likeness (QED) is 0.513. The maximum atomic E-state index is 2.48. The van der Waals surface area contributed by atoms with E-state index in [9.17, 15) is 0 Å². The predicted molar refractivity (Wildman–Crippen MR) is 64.6 cm³/mol. The maximum Gasteiger partial charge on any atom is 0.00463 e. The van der Waals surface area contributed by atoms with E-state index in [1.165, 1.54) is 19.3 Å². The molecule has 3 aliphatic carbocycles. The predicted octanol–water partition coefficient (Wildman–Crippen LogP) is 4.34. The van der Waals surface area contributed by atoms with Crippen molar-refractivity contribution < 1.29 is 0 Å². The third-order valence-corrected chi connectivity index (χ3v) is 5.39. The van der Waals surface area contributed by atoms with Gasteiger partial charge in [0.2, 0.25) is 0 Å². The molecule has 15 heavy (non-hydrogen) atoms. The number of rotatable bonds is 0. The number of hydrogen-bond acceptors (Lipinski definition) is 0. The summed E-state index contributed by atoms with van der Waals surface area (Å²) in [7, 11) is 0. The Bertz CT molecular complexity index is 367. The van der Waals surface area contributed by atoms with E-state index in [1.807, 2.05) is 0 Å². The van der Waals surface area contributed by atoms with Crippen LogP contribution in [0.15, 0.2) is 22.8 Å². The lowest BCUT2D eigenvalue weighted by Gasteiger charge is -2.19.